The van der Waals surface area contributed by atoms with Gasteiger partial charge in [0.25, 0.3) is 0 Å². The summed E-state index contributed by atoms with van der Waals surface area (Å²) in [5, 5.41) is 11.7. The summed E-state index contributed by atoms with van der Waals surface area (Å²) in [6.45, 7) is 3.63. The van der Waals surface area contributed by atoms with E-state index in [4.69, 9.17) is 0 Å². The summed E-state index contributed by atoms with van der Waals surface area (Å²) >= 11 is 3.67. The standard InChI is InChI=1S/C26H29BrN2O/c1-28-24-13-20(27)7-8-22(24)23-12-19-16-29(15-17-5-6-17)10-9-26(19,14-25(23)28)18-3-2-4-21(30)11-18/h2-4,7-8,11,13,17,19,30H,5-6,9-10,12,14-16H2,1H3. The first-order chi connectivity index (χ1) is 14.5. The molecule has 4 heteroatoms. The minimum absolute atomic E-state index is 0.116. The van der Waals surface area contributed by atoms with Crippen LogP contribution in [0, 0.1) is 11.8 Å². The van der Waals surface area contributed by atoms with Crippen molar-refractivity contribution in [3.8, 4) is 5.75 Å². The van der Waals surface area contributed by atoms with Gasteiger partial charge in [0.1, 0.15) is 5.75 Å². The molecular weight excluding hydrogens is 436 g/mol. The molecule has 2 atom stereocenters. The number of halogens is 1. The smallest absolute Gasteiger partial charge is 0.115 e. The number of piperidine rings is 1. The van der Waals surface area contributed by atoms with Gasteiger partial charge in [-0.05, 0) is 85.9 Å². The number of likely N-dealkylation sites (tertiary alicyclic amines) is 1. The molecule has 0 spiro atoms. The Balaban J connectivity index is 1.48. The SMILES string of the molecule is Cn1c2c(c3ccc(Br)cc31)CC1CN(CC3CC3)CCC1(c1cccc(O)c1)C2. The first-order valence-electron chi connectivity index (χ1n) is 11.3. The van der Waals surface area contributed by atoms with Crippen molar-refractivity contribution >= 4 is 26.8 Å². The van der Waals surface area contributed by atoms with Crippen LogP contribution in [-0.4, -0.2) is 34.2 Å². The Bertz CT molecular complexity index is 1130. The number of nitrogens with zero attached hydrogens (tertiary/aromatic N) is 2. The van der Waals surface area contributed by atoms with Crippen LogP contribution in [-0.2, 0) is 25.3 Å². The first-order valence-corrected chi connectivity index (χ1v) is 12.1. The Labute approximate surface area is 186 Å². The van der Waals surface area contributed by atoms with E-state index in [9.17, 15) is 5.11 Å². The fraction of sp³-hybridized carbons (Fsp3) is 0.462. The van der Waals surface area contributed by atoms with E-state index in [0.29, 0.717) is 11.7 Å². The summed E-state index contributed by atoms with van der Waals surface area (Å²) < 4.78 is 3.57. The molecule has 6 rings (SSSR count). The number of phenolic OH excluding ortho intramolecular Hbond substituents is 1. The third kappa shape index (κ3) is 2.95. The number of fused-ring (bicyclic) bond motifs is 4. The van der Waals surface area contributed by atoms with Crippen LogP contribution < -0.4 is 0 Å². The summed E-state index contributed by atoms with van der Waals surface area (Å²) in [4.78, 5) is 2.73. The van der Waals surface area contributed by atoms with Gasteiger partial charge in [-0.1, -0.05) is 34.1 Å². The molecule has 1 N–H and O–H groups in total. The van der Waals surface area contributed by atoms with Gasteiger partial charge in [0.05, 0.1) is 0 Å². The maximum atomic E-state index is 10.3. The van der Waals surface area contributed by atoms with E-state index in [1.54, 1.807) is 11.6 Å². The van der Waals surface area contributed by atoms with E-state index in [2.05, 4.69) is 56.7 Å². The molecule has 30 heavy (non-hydrogen) atoms. The molecule has 1 aliphatic heterocycles. The van der Waals surface area contributed by atoms with E-state index < -0.39 is 0 Å². The number of phenols is 1. The van der Waals surface area contributed by atoms with E-state index in [1.807, 2.05) is 12.1 Å². The molecule has 0 bridgehead atoms. The number of aromatic hydroxyl groups is 1. The summed E-state index contributed by atoms with van der Waals surface area (Å²) in [6.07, 6.45) is 6.21. The number of aromatic nitrogens is 1. The van der Waals surface area contributed by atoms with Crippen molar-refractivity contribution in [2.75, 3.05) is 19.6 Å². The van der Waals surface area contributed by atoms with Crippen LogP contribution in [0.4, 0.5) is 0 Å². The lowest BCUT2D eigenvalue weighted by atomic mass is 9.58. The molecule has 3 nitrogen and oxygen atoms in total. The van der Waals surface area contributed by atoms with Crippen LogP contribution in [0.5, 0.6) is 5.75 Å². The maximum Gasteiger partial charge on any atom is 0.115 e. The molecule has 3 aliphatic rings. The Kier molecular flexibility index (Phi) is 4.33. The van der Waals surface area contributed by atoms with Crippen molar-refractivity contribution in [3.63, 3.8) is 0 Å². The summed E-state index contributed by atoms with van der Waals surface area (Å²) in [6, 6.07) is 14.9. The normalized spacial score (nSPS) is 26.5. The summed E-state index contributed by atoms with van der Waals surface area (Å²) in [5.41, 5.74) is 5.81. The molecule has 2 unspecified atom stereocenters. The predicted octanol–water partition coefficient (Wildman–Crippen LogP) is 5.41. The van der Waals surface area contributed by atoms with Gasteiger partial charge in [-0.3, -0.25) is 0 Å². The average Bonchev–Trinajstić information content (AvgIpc) is 3.52. The van der Waals surface area contributed by atoms with Crippen molar-refractivity contribution in [1.82, 2.24) is 9.47 Å². The van der Waals surface area contributed by atoms with Crippen LogP contribution in [0.25, 0.3) is 10.9 Å². The first kappa shape index (κ1) is 18.9. The van der Waals surface area contributed by atoms with Gasteiger partial charge in [0, 0.05) is 46.6 Å². The molecule has 2 fully saturated rings. The second-order valence-corrected chi connectivity index (χ2v) is 10.8. The van der Waals surface area contributed by atoms with Gasteiger partial charge in [-0.15, -0.1) is 0 Å². The second kappa shape index (κ2) is 6.86. The van der Waals surface area contributed by atoms with Gasteiger partial charge in [-0.2, -0.15) is 0 Å². The fourth-order valence-electron chi connectivity index (χ4n) is 6.30. The second-order valence-electron chi connectivity index (χ2n) is 9.88. The molecule has 0 radical (unpaired) electrons. The van der Waals surface area contributed by atoms with Crippen molar-refractivity contribution < 1.29 is 5.11 Å². The minimum Gasteiger partial charge on any atom is -0.508 e. The fourth-order valence-corrected chi connectivity index (χ4v) is 6.65. The molecule has 3 aromatic rings. The van der Waals surface area contributed by atoms with E-state index in [1.165, 1.54) is 61.1 Å². The predicted molar refractivity (Wildman–Crippen MR) is 125 cm³/mol. The number of aryl methyl sites for hydroxylation is 1. The summed E-state index contributed by atoms with van der Waals surface area (Å²) in [5.74, 6) is 1.92. The average molecular weight is 465 g/mol. The lowest BCUT2D eigenvalue weighted by Crippen LogP contribution is -2.54. The molecule has 156 valence electrons. The quantitative estimate of drug-likeness (QED) is 0.560. The Morgan fingerprint density at radius 1 is 1.17 bits per heavy atom. The van der Waals surface area contributed by atoms with Crippen LogP contribution >= 0.6 is 15.9 Å². The monoisotopic (exact) mass is 464 g/mol. The van der Waals surface area contributed by atoms with E-state index in [-0.39, 0.29) is 5.41 Å². The van der Waals surface area contributed by atoms with Gasteiger partial charge in [0.15, 0.2) is 0 Å². The number of benzene rings is 2. The van der Waals surface area contributed by atoms with Crippen LogP contribution in [0.15, 0.2) is 46.9 Å². The minimum atomic E-state index is 0.116. The zero-order valence-electron chi connectivity index (χ0n) is 17.6. The van der Waals surface area contributed by atoms with Gasteiger partial charge in [-0.25, -0.2) is 0 Å². The summed E-state index contributed by atoms with van der Waals surface area (Å²) in [7, 11) is 2.23. The Morgan fingerprint density at radius 2 is 2.03 bits per heavy atom. The Morgan fingerprint density at radius 3 is 2.83 bits per heavy atom. The van der Waals surface area contributed by atoms with E-state index in [0.717, 1.165) is 23.2 Å². The van der Waals surface area contributed by atoms with E-state index >= 15 is 0 Å². The maximum absolute atomic E-state index is 10.3. The van der Waals surface area contributed by atoms with Crippen molar-refractivity contribution in [2.24, 2.45) is 18.9 Å². The molecule has 1 saturated carbocycles. The van der Waals surface area contributed by atoms with Gasteiger partial charge < -0.3 is 14.6 Å². The zero-order valence-corrected chi connectivity index (χ0v) is 19.2. The number of rotatable bonds is 3. The molecule has 0 amide bonds. The molecule has 2 aliphatic carbocycles. The molecule has 1 aromatic heterocycles. The van der Waals surface area contributed by atoms with Crippen molar-refractivity contribution in [3.05, 3.63) is 63.8 Å². The highest BCUT2D eigenvalue weighted by atomic mass is 79.9. The van der Waals surface area contributed by atoms with Crippen molar-refractivity contribution in [2.45, 2.75) is 37.5 Å². The van der Waals surface area contributed by atoms with Crippen LogP contribution in [0.2, 0.25) is 0 Å². The zero-order chi connectivity index (χ0) is 20.5. The lowest BCUT2D eigenvalue weighted by molar-refractivity contribution is 0.0776. The highest BCUT2D eigenvalue weighted by Gasteiger charge is 2.48. The molecule has 2 aromatic carbocycles. The molecular formula is C26H29BrN2O. The highest BCUT2D eigenvalue weighted by molar-refractivity contribution is 9.10. The third-order valence-electron chi connectivity index (χ3n) is 8.10. The van der Waals surface area contributed by atoms with Gasteiger partial charge >= 0.3 is 0 Å². The number of hydrogen-bond donors (Lipinski definition) is 1. The van der Waals surface area contributed by atoms with Crippen LogP contribution in [0.1, 0.15) is 36.1 Å². The highest BCUT2D eigenvalue weighted by Crippen LogP contribution is 2.50. The van der Waals surface area contributed by atoms with Gasteiger partial charge in [0.2, 0.25) is 0 Å². The van der Waals surface area contributed by atoms with Crippen molar-refractivity contribution in [1.29, 1.82) is 0 Å². The lowest BCUT2D eigenvalue weighted by Gasteiger charge is -2.51. The topological polar surface area (TPSA) is 28.4 Å². The number of hydrogen-bond acceptors (Lipinski definition) is 2. The third-order valence-corrected chi connectivity index (χ3v) is 8.59. The van der Waals surface area contributed by atoms with Crippen LogP contribution in [0.3, 0.4) is 0 Å². The molecule has 2 heterocycles. The molecule has 1 saturated heterocycles. The Hall–Kier alpha value is -1.78. The largest absolute Gasteiger partial charge is 0.508 e.